The van der Waals surface area contributed by atoms with Gasteiger partial charge in [0, 0.05) is 18.7 Å². The summed E-state index contributed by atoms with van der Waals surface area (Å²) in [4.78, 5) is 17.3. The van der Waals surface area contributed by atoms with Gasteiger partial charge in [-0.1, -0.05) is 13.8 Å². The van der Waals surface area contributed by atoms with E-state index in [2.05, 4.69) is 15.3 Å². The summed E-state index contributed by atoms with van der Waals surface area (Å²) in [6, 6.07) is 1.90. The third kappa shape index (κ3) is 2.84. The minimum absolute atomic E-state index is 0.106. The van der Waals surface area contributed by atoms with E-state index >= 15 is 0 Å². The van der Waals surface area contributed by atoms with E-state index in [-0.39, 0.29) is 5.56 Å². The maximum atomic E-state index is 10.8. The van der Waals surface area contributed by atoms with Crippen LogP contribution in [0.4, 0.5) is 0 Å². The van der Waals surface area contributed by atoms with Crippen LogP contribution in [0.5, 0.6) is 0 Å². The molecular formula is C8H13N3O. The number of aromatic nitrogens is 2. The molecule has 1 aromatic heterocycles. The van der Waals surface area contributed by atoms with Crippen LogP contribution in [0.15, 0.2) is 17.2 Å². The first-order valence-electron chi connectivity index (χ1n) is 3.95. The van der Waals surface area contributed by atoms with Gasteiger partial charge in [0.15, 0.2) is 0 Å². The molecule has 0 spiro atoms. The van der Waals surface area contributed by atoms with Crippen molar-refractivity contribution in [2.24, 2.45) is 0 Å². The number of rotatable bonds is 3. The first-order chi connectivity index (χ1) is 5.68. The Hall–Kier alpha value is -1.16. The van der Waals surface area contributed by atoms with Crippen molar-refractivity contribution in [3.8, 4) is 0 Å². The Kier molecular flexibility index (Phi) is 2.99. The van der Waals surface area contributed by atoms with Crippen molar-refractivity contribution in [2.75, 3.05) is 0 Å². The first-order valence-corrected chi connectivity index (χ1v) is 3.95. The van der Waals surface area contributed by atoms with Gasteiger partial charge in [0.2, 0.25) is 0 Å². The van der Waals surface area contributed by atoms with Crippen LogP contribution in [0.1, 0.15) is 19.5 Å². The van der Waals surface area contributed by atoms with Gasteiger partial charge in [-0.2, -0.15) is 0 Å². The molecule has 0 bridgehead atoms. The minimum atomic E-state index is -0.106. The molecule has 0 amide bonds. The lowest BCUT2D eigenvalue weighted by molar-refractivity contribution is 0.580. The Morgan fingerprint density at radius 2 is 2.42 bits per heavy atom. The summed E-state index contributed by atoms with van der Waals surface area (Å²) < 4.78 is 0. The summed E-state index contributed by atoms with van der Waals surface area (Å²) in [7, 11) is 0. The lowest BCUT2D eigenvalue weighted by Gasteiger charge is -2.05. The monoisotopic (exact) mass is 167 g/mol. The molecule has 4 heteroatoms. The third-order valence-corrected chi connectivity index (χ3v) is 1.43. The van der Waals surface area contributed by atoms with Crippen LogP contribution in [-0.4, -0.2) is 16.0 Å². The molecule has 0 saturated carbocycles. The molecule has 1 rings (SSSR count). The van der Waals surface area contributed by atoms with Gasteiger partial charge in [0.25, 0.3) is 5.56 Å². The Labute approximate surface area is 71.0 Å². The van der Waals surface area contributed by atoms with Gasteiger partial charge in [-0.3, -0.25) is 4.79 Å². The Morgan fingerprint density at radius 1 is 1.67 bits per heavy atom. The van der Waals surface area contributed by atoms with E-state index in [1.807, 2.05) is 13.8 Å². The molecule has 1 aromatic rings. The van der Waals surface area contributed by atoms with Gasteiger partial charge < -0.3 is 10.3 Å². The molecule has 66 valence electrons. The van der Waals surface area contributed by atoms with Crippen molar-refractivity contribution in [1.29, 1.82) is 0 Å². The van der Waals surface area contributed by atoms with E-state index in [0.717, 1.165) is 5.69 Å². The van der Waals surface area contributed by atoms with Crippen molar-refractivity contribution in [1.82, 2.24) is 15.3 Å². The standard InChI is InChI=1S/C8H13N3O/c1-6(2)9-4-7-3-8(12)11-5-10-7/h3,5-6,9H,4H2,1-2H3,(H,10,11,12). The lowest BCUT2D eigenvalue weighted by atomic mass is 10.3. The number of hydrogen-bond donors (Lipinski definition) is 2. The Morgan fingerprint density at radius 3 is 3.00 bits per heavy atom. The highest BCUT2D eigenvalue weighted by Gasteiger charge is 1.95. The number of nitrogens with one attached hydrogen (secondary N) is 2. The summed E-state index contributed by atoms with van der Waals surface area (Å²) >= 11 is 0. The Bertz CT molecular complexity index is 292. The van der Waals surface area contributed by atoms with Gasteiger partial charge in [-0.15, -0.1) is 0 Å². The van der Waals surface area contributed by atoms with Crippen LogP contribution in [0.3, 0.4) is 0 Å². The zero-order chi connectivity index (χ0) is 8.97. The second-order valence-electron chi connectivity index (χ2n) is 2.94. The van der Waals surface area contributed by atoms with E-state index in [0.29, 0.717) is 12.6 Å². The van der Waals surface area contributed by atoms with Crippen molar-refractivity contribution >= 4 is 0 Å². The number of aromatic amines is 1. The van der Waals surface area contributed by atoms with Crippen molar-refractivity contribution in [2.45, 2.75) is 26.4 Å². The normalized spacial score (nSPS) is 10.6. The predicted molar refractivity (Wildman–Crippen MR) is 46.8 cm³/mol. The second-order valence-corrected chi connectivity index (χ2v) is 2.94. The molecule has 0 aliphatic carbocycles. The van der Waals surface area contributed by atoms with E-state index in [1.54, 1.807) is 0 Å². The minimum Gasteiger partial charge on any atom is -0.313 e. The van der Waals surface area contributed by atoms with Gasteiger partial charge in [-0.05, 0) is 0 Å². The summed E-state index contributed by atoms with van der Waals surface area (Å²) in [6.45, 7) is 4.74. The number of nitrogens with zero attached hydrogens (tertiary/aromatic N) is 1. The molecule has 0 aliphatic rings. The highest BCUT2D eigenvalue weighted by Crippen LogP contribution is 1.87. The van der Waals surface area contributed by atoms with E-state index in [1.165, 1.54) is 12.4 Å². The van der Waals surface area contributed by atoms with Crippen LogP contribution in [0.25, 0.3) is 0 Å². The molecule has 2 N–H and O–H groups in total. The Balaban J connectivity index is 2.58. The fraction of sp³-hybridized carbons (Fsp3) is 0.500. The fourth-order valence-corrected chi connectivity index (χ4v) is 0.814. The maximum absolute atomic E-state index is 10.8. The summed E-state index contributed by atoms with van der Waals surface area (Å²) in [5.41, 5.74) is 0.665. The van der Waals surface area contributed by atoms with Gasteiger partial charge in [-0.25, -0.2) is 4.98 Å². The fourth-order valence-electron chi connectivity index (χ4n) is 0.814. The van der Waals surface area contributed by atoms with Crippen molar-refractivity contribution < 1.29 is 0 Å². The first kappa shape index (κ1) is 8.93. The predicted octanol–water partition coefficient (Wildman–Crippen LogP) is 0.268. The zero-order valence-electron chi connectivity index (χ0n) is 7.29. The van der Waals surface area contributed by atoms with Crippen LogP contribution in [-0.2, 0) is 6.54 Å². The van der Waals surface area contributed by atoms with Gasteiger partial charge >= 0.3 is 0 Å². The zero-order valence-corrected chi connectivity index (χ0v) is 7.29. The highest BCUT2D eigenvalue weighted by molar-refractivity contribution is 4.97. The summed E-state index contributed by atoms with van der Waals surface area (Å²) in [6.07, 6.45) is 1.42. The molecule has 0 aromatic carbocycles. The van der Waals surface area contributed by atoms with E-state index < -0.39 is 0 Å². The largest absolute Gasteiger partial charge is 0.313 e. The molecule has 12 heavy (non-hydrogen) atoms. The molecular weight excluding hydrogens is 154 g/mol. The molecule has 0 saturated heterocycles. The quantitative estimate of drug-likeness (QED) is 0.679. The summed E-state index contributed by atoms with van der Waals surface area (Å²) in [5.74, 6) is 0. The molecule has 0 radical (unpaired) electrons. The SMILES string of the molecule is CC(C)NCc1cc(=O)[nH]cn1. The lowest BCUT2D eigenvalue weighted by Crippen LogP contribution is -2.23. The van der Waals surface area contributed by atoms with Crippen molar-refractivity contribution in [3.05, 3.63) is 28.4 Å². The van der Waals surface area contributed by atoms with Crippen LogP contribution in [0.2, 0.25) is 0 Å². The molecule has 1 heterocycles. The van der Waals surface area contributed by atoms with E-state index in [9.17, 15) is 4.79 Å². The van der Waals surface area contributed by atoms with Crippen LogP contribution < -0.4 is 10.9 Å². The molecule has 0 fully saturated rings. The molecule has 0 aliphatic heterocycles. The van der Waals surface area contributed by atoms with Gasteiger partial charge in [0.05, 0.1) is 12.0 Å². The maximum Gasteiger partial charge on any atom is 0.250 e. The topological polar surface area (TPSA) is 57.8 Å². The van der Waals surface area contributed by atoms with Crippen LogP contribution in [0, 0.1) is 0 Å². The highest BCUT2D eigenvalue weighted by atomic mass is 16.1. The number of hydrogen-bond acceptors (Lipinski definition) is 3. The van der Waals surface area contributed by atoms with Crippen molar-refractivity contribution in [3.63, 3.8) is 0 Å². The molecule has 0 unspecified atom stereocenters. The van der Waals surface area contributed by atoms with E-state index in [4.69, 9.17) is 0 Å². The van der Waals surface area contributed by atoms with Gasteiger partial charge in [0.1, 0.15) is 0 Å². The van der Waals surface area contributed by atoms with Crippen LogP contribution >= 0.6 is 0 Å². The second kappa shape index (κ2) is 4.01. The molecule has 0 atom stereocenters. The smallest absolute Gasteiger partial charge is 0.250 e. The molecule has 4 nitrogen and oxygen atoms in total. The third-order valence-electron chi connectivity index (χ3n) is 1.43. The summed E-state index contributed by atoms with van der Waals surface area (Å²) in [5, 5.41) is 3.17. The average Bonchev–Trinajstić information content (AvgIpc) is 2.01. The average molecular weight is 167 g/mol. The number of H-pyrrole nitrogens is 1.